The molecule has 0 saturated carbocycles. The molecule has 3 heterocycles. The van der Waals surface area contributed by atoms with E-state index in [2.05, 4.69) is 17.1 Å². The third-order valence-electron chi connectivity index (χ3n) is 6.09. The van der Waals surface area contributed by atoms with Crippen molar-refractivity contribution in [2.24, 2.45) is 5.92 Å². The van der Waals surface area contributed by atoms with Crippen LogP contribution < -0.4 is 0 Å². The van der Waals surface area contributed by atoms with Crippen molar-refractivity contribution in [3.8, 4) is 0 Å². The average Bonchev–Trinajstić information content (AvgIpc) is 3.52. The highest BCUT2D eigenvalue weighted by atomic mass is 32.1. The van der Waals surface area contributed by atoms with Gasteiger partial charge in [-0.3, -0.25) is 9.59 Å². The normalized spacial score (nSPS) is 15.6. The first kappa shape index (κ1) is 21.7. The molecule has 3 aromatic rings. The number of likely N-dealkylation sites (N-methyl/N-ethyl adjacent to an activating group) is 1. The standard InChI is InChI=1S/C24H27N3O2S2/c1-26(24(29)22-8-5-13-31-22)21(14-18-6-3-2-4-7-18)19-9-11-27(12-10-19)23(28)15-20-16-30-17-25-20/h2-8,13,16-17,19,21H,9-12,14-15H2,1H3/t21-/m1/s1. The lowest BCUT2D eigenvalue weighted by atomic mass is 9.84. The third kappa shape index (κ3) is 5.40. The number of benzene rings is 1. The Morgan fingerprint density at radius 1 is 1.16 bits per heavy atom. The van der Waals surface area contributed by atoms with Crippen molar-refractivity contribution in [1.29, 1.82) is 0 Å². The van der Waals surface area contributed by atoms with Gasteiger partial charge in [0.15, 0.2) is 0 Å². The van der Waals surface area contributed by atoms with Gasteiger partial charge >= 0.3 is 0 Å². The van der Waals surface area contributed by atoms with Gasteiger partial charge in [-0.25, -0.2) is 4.98 Å². The third-order valence-corrected chi connectivity index (χ3v) is 7.58. The highest BCUT2D eigenvalue weighted by Crippen LogP contribution is 2.28. The first-order chi connectivity index (χ1) is 15.1. The molecule has 0 bridgehead atoms. The molecule has 0 N–H and O–H groups in total. The lowest BCUT2D eigenvalue weighted by molar-refractivity contribution is -0.132. The summed E-state index contributed by atoms with van der Waals surface area (Å²) in [4.78, 5) is 34.6. The largest absolute Gasteiger partial charge is 0.342 e. The summed E-state index contributed by atoms with van der Waals surface area (Å²) in [5.41, 5.74) is 3.85. The van der Waals surface area contributed by atoms with Crippen LogP contribution in [0.5, 0.6) is 0 Å². The van der Waals surface area contributed by atoms with Gasteiger partial charge in [0, 0.05) is 31.6 Å². The minimum absolute atomic E-state index is 0.0815. The second-order valence-electron chi connectivity index (χ2n) is 8.03. The molecule has 1 saturated heterocycles. The Bertz CT molecular complexity index is 966. The van der Waals surface area contributed by atoms with Gasteiger partial charge in [0.2, 0.25) is 5.91 Å². The number of hydrogen-bond acceptors (Lipinski definition) is 5. The van der Waals surface area contributed by atoms with Gasteiger partial charge in [0.25, 0.3) is 5.91 Å². The SMILES string of the molecule is CN(C(=O)c1cccs1)[C@H](Cc1ccccc1)C1CCN(C(=O)Cc2cscn2)CC1. The maximum Gasteiger partial charge on any atom is 0.263 e. The van der Waals surface area contributed by atoms with E-state index in [9.17, 15) is 9.59 Å². The molecule has 1 fully saturated rings. The molecule has 2 amide bonds. The molecule has 0 aliphatic carbocycles. The number of rotatable bonds is 7. The molecule has 2 aromatic heterocycles. The number of hydrogen-bond donors (Lipinski definition) is 0. The first-order valence-corrected chi connectivity index (χ1v) is 12.4. The van der Waals surface area contributed by atoms with Crippen molar-refractivity contribution in [2.45, 2.75) is 31.7 Å². The Morgan fingerprint density at radius 3 is 2.58 bits per heavy atom. The molecule has 1 aliphatic heterocycles. The highest BCUT2D eigenvalue weighted by Gasteiger charge is 2.33. The summed E-state index contributed by atoms with van der Waals surface area (Å²) in [6, 6.07) is 14.3. The summed E-state index contributed by atoms with van der Waals surface area (Å²) in [5, 5.41) is 3.88. The van der Waals surface area contributed by atoms with E-state index in [1.165, 1.54) is 28.2 Å². The second-order valence-corrected chi connectivity index (χ2v) is 9.69. The highest BCUT2D eigenvalue weighted by molar-refractivity contribution is 7.12. The molecular weight excluding hydrogens is 426 g/mol. The van der Waals surface area contributed by atoms with Crippen LogP contribution in [0, 0.1) is 5.92 Å². The topological polar surface area (TPSA) is 53.5 Å². The van der Waals surface area contributed by atoms with Crippen LogP contribution in [0.3, 0.4) is 0 Å². The van der Waals surface area contributed by atoms with Crippen molar-refractivity contribution in [1.82, 2.24) is 14.8 Å². The van der Waals surface area contributed by atoms with E-state index in [1.807, 2.05) is 57.9 Å². The Labute approximate surface area is 191 Å². The first-order valence-electron chi connectivity index (χ1n) is 10.6. The van der Waals surface area contributed by atoms with Crippen LogP contribution in [0.25, 0.3) is 0 Å². The predicted octanol–water partition coefficient (Wildman–Crippen LogP) is 4.37. The summed E-state index contributed by atoms with van der Waals surface area (Å²) >= 11 is 3.01. The molecule has 0 unspecified atom stereocenters. The molecular formula is C24H27N3O2S2. The van der Waals surface area contributed by atoms with Gasteiger partial charge < -0.3 is 9.80 Å². The molecule has 0 radical (unpaired) electrons. The average molecular weight is 454 g/mol. The molecule has 31 heavy (non-hydrogen) atoms. The Morgan fingerprint density at radius 2 is 1.94 bits per heavy atom. The predicted molar refractivity (Wildman–Crippen MR) is 125 cm³/mol. The van der Waals surface area contributed by atoms with Gasteiger partial charge in [-0.1, -0.05) is 36.4 Å². The number of piperidine rings is 1. The lowest BCUT2D eigenvalue weighted by Gasteiger charge is -2.40. The second kappa shape index (κ2) is 10.2. The van der Waals surface area contributed by atoms with E-state index in [4.69, 9.17) is 0 Å². The summed E-state index contributed by atoms with van der Waals surface area (Å²) in [5.74, 6) is 0.586. The number of thiazole rings is 1. The van der Waals surface area contributed by atoms with E-state index < -0.39 is 0 Å². The Kier molecular flexibility index (Phi) is 7.14. The summed E-state index contributed by atoms with van der Waals surface area (Å²) in [6.45, 7) is 1.47. The van der Waals surface area contributed by atoms with Crippen molar-refractivity contribution < 1.29 is 9.59 Å². The maximum absolute atomic E-state index is 13.1. The van der Waals surface area contributed by atoms with Crippen molar-refractivity contribution in [3.05, 3.63) is 74.9 Å². The summed E-state index contributed by atoms with van der Waals surface area (Å²) in [6.07, 6.45) is 3.01. The summed E-state index contributed by atoms with van der Waals surface area (Å²) < 4.78 is 0. The van der Waals surface area contributed by atoms with Gasteiger partial charge in [0.1, 0.15) is 0 Å². The van der Waals surface area contributed by atoms with E-state index in [1.54, 1.807) is 5.51 Å². The van der Waals surface area contributed by atoms with Gasteiger partial charge in [-0.15, -0.1) is 22.7 Å². The van der Waals surface area contributed by atoms with Gasteiger partial charge in [-0.2, -0.15) is 0 Å². The quantitative estimate of drug-likeness (QED) is 0.534. The fourth-order valence-electron chi connectivity index (χ4n) is 4.33. The number of nitrogens with zero attached hydrogens (tertiary/aromatic N) is 3. The minimum atomic E-state index is 0.0815. The van der Waals surface area contributed by atoms with E-state index in [0.717, 1.165) is 42.9 Å². The molecule has 1 atom stereocenters. The van der Waals surface area contributed by atoms with Gasteiger partial charge in [-0.05, 0) is 42.2 Å². The van der Waals surface area contributed by atoms with Crippen LogP contribution in [0.15, 0.2) is 58.7 Å². The number of carbonyl (C=O) groups excluding carboxylic acids is 2. The summed E-state index contributed by atoms with van der Waals surface area (Å²) in [7, 11) is 1.93. The fraction of sp³-hybridized carbons (Fsp3) is 0.375. The van der Waals surface area contributed by atoms with Crippen molar-refractivity contribution >= 4 is 34.5 Å². The zero-order valence-corrected chi connectivity index (χ0v) is 19.3. The lowest BCUT2D eigenvalue weighted by Crippen LogP contribution is -2.48. The van der Waals surface area contributed by atoms with Crippen LogP contribution in [-0.4, -0.2) is 52.8 Å². The Balaban J connectivity index is 1.44. The number of thiophene rings is 1. The number of amides is 2. The zero-order valence-electron chi connectivity index (χ0n) is 17.6. The van der Waals surface area contributed by atoms with E-state index in [0.29, 0.717) is 12.3 Å². The van der Waals surface area contributed by atoms with Crippen molar-refractivity contribution in [2.75, 3.05) is 20.1 Å². The van der Waals surface area contributed by atoms with Crippen LogP contribution in [0.4, 0.5) is 0 Å². The maximum atomic E-state index is 13.1. The number of aromatic nitrogens is 1. The van der Waals surface area contributed by atoms with Crippen LogP contribution in [-0.2, 0) is 17.6 Å². The van der Waals surface area contributed by atoms with Gasteiger partial charge in [0.05, 0.1) is 22.5 Å². The van der Waals surface area contributed by atoms with Crippen LogP contribution >= 0.6 is 22.7 Å². The van der Waals surface area contributed by atoms with Crippen molar-refractivity contribution in [3.63, 3.8) is 0 Å². The Hall–Kier alpha value is -2.51. The zero-order chi connectivity index (χ0) is 21.6. The molecule has 0 spiro atoms. The minimum Gasteiger partial charge on any atom is -0.342 e. The molecule has 1 aliphatic rings. The van der Waals surface area contributed by atoms with Crippen LogP contribution in [0.1, 0.15) is 33.8 Å². The molecule has 7 heteroatoms. The van der Waals surface area contributed by atoms with E-state index >= 15 is 0 Å². The number of likely N-dealkylation sites (tertiary alicyclic amines) is 1. The molecule has 5 nitrogen and oxygen atoms in total. The molecule has 1 aromatic carbocycles. The number of carbonyl (C=O) groups is 2. The fourth-order valence-corrected chi connectivity index (χ4v) is 5.59. The molecule has 162 valence electrons. The monoisotopic (exact) mass is 453 g/mol. The smallest absolute Gasteiger partial charge is 0.263 e. The van der Waals surface area contributed by atoms with Crippen LogP contribution in [0.2, 0.25) is 0 Å². The van der Waals surface area contributed by atoms with E-state index in [-0.39, 0.29) is 17.9 Å². The molecule has 4 rings (SSSR count).